The molecular formula is C6H8F4. The summed E-state index contributed by atoms with van der Waals surface area (Å²) in [6.07, 6.45) is -4.47. The highest BCUT2D eigenvalue weighted by Crippen LogP contribution is 2.21. The van der Waals surface area contributed by atoms with Gasteiger partial charge in [-0.3, -0.25) is 0 Å². The largest absolute Gasteiger partial charge is 0.389 e. The van der Waals surface area contributed by atoms with Gasteiger partial charge in [0.15, 0.2) is 0 Å². The van der Waals surface area contributed by atoms with Crippen LogP contribution in [0.4, 0.5) is 17.6 Å². The van der Waals surface area contributed by atoms with Crippen LogP contribution in [0.2, 0.25) is 0 Å². The zero-order valence-corrected chi connectivity index (χ0v) is 5.50. The predicted octanol–water partition coefficient (Wildman–Crippen LogP) is 3.20. The molecule has 0 saturated carbocycles. The van der Waals surface area contributed by atoms with Crippen molar-refractivity contribution in [2.45, 2.75) is 25.9 Å². The molecule has 0 unspecified atom stereocenters. The van der Waals surface area contributed by atoms with Crippen LogP contribution in [0.1, 0.15) is 19.8 Å². The van der Waals surface area contributed by atoms with Gasteiger partial charge in [-0.05, 0) is 13.3 Å². The van der Waals surface area contributed by atoms with E-state index in [9.17, 15) is 17.6 Å². The molecule has 0 aliphatic carbocycles. The maximum atomic E-state index is 11.8. The van der Waals surface area contributed by atoms with Gasteiger partial charge in [0.1, 0.15) is 0 Å². The zero-order valence-electron chi connectivity index (χ0n) is 5.50. The maximum absolute atomic E-state index is 11.8. The van der Waals surface area contributed by atoms with E-state index in [4.69, 9.17) is 0 Å². The van der Waals surface area contributed by atoms with Gasteiger partial charge in [0.2, 0.25) is 0 Å². The van der Waals surface area contributed by atoms with Gasteiger partial charge in [-0.15, -0.1) is 0 Å². The minimum Gasteiger partial charge on any atom is -0.212 e. The van der Waals surface area contributed by atoms with Crippen LogP contribution in [0.5, 0.6) is 0 Å². The summed E-state index contributed by atoms with van der Waals surface area (Å²) in [5.74, 6) is -0.566. The molecule has 0 saturated heterocycles. The lowest BCUT2D eigenvalue weighted by atomic mass is 10.3. The topological polar surface area (TPSA) is 0 Å². The molecule has 0 aromatic heterocycles. The van der Waals surface area contributed by atoms with Crippen molar-refractivity contribution in [3.8, 4) is 0 Å². The molecule has 10 heavy (non-hydrogen) atoms. The first-order chi connectivity index (χ1) is 4.42. The molecule has 0 N–H and O–H groups in total. The normalized spacial score (nSPS) is 13.9. The second kappa shape index (κ2) is 3.58. The Labute approximate surface area is 56.5 Å². The standard InChI is InChI=1S/C6H8F4/c1-5(7)3-2-4-6(8,9)10/h3H,2,4H2,1H3. The van der Waals surface area contributed by atoms with E-state index in [1.165, 1.54) is 0 Å². The molecule has 0 radical (unpaired) electrons. The van der Waals surface area contributed by atoms with Crippen molar-refractivity contribution in [2.75, 3.05) is 0 Å². The van der Waals surface area contributed by atoms with E-state index in [1.54, 1.807) is 0 Å². The Kier molecular flexibility index (Phi) is 3.39. The molecule has 0 aliphatic heterocycles. The number of rotatable bonds is 2. The molecule has 0 heterocycles. The number of alkyl halides is 3. The third kappa shape index (κ3) is 7.46. The maximum Gasteiger partial charge on any atom is 0.389 e. The lowest BCUT2D eigenvalue weighted by molar-refractivity contribution is -0.133. The van der Waals surface area contributed by atoms with Crippen LogP contribution >= 0.6 is 0 Å². The van der Waals surface area contributed by atoms with Gasteiger partial charge >= 0.3 is 6.18 Å². The summed E-state index contributed by atoms with van der Waals surface area (Å²) < 4.78 is 45.8. The Balaban J connectivity index is 3.47. The lowest BCUT2D eigenvalue weighted by Gasteiger charge is -2.01. The molecule has 0 aliphatic rings. The molecule has 0 atom stereocenters. The van der Waals surface area contributed by atoms with Crippen molar-refractivity contribution in [1.29, 1.82) is 0 Å². The van der Waals surface area contributed by atoms with E-state index in [2.05, 4.69) is 0 Å². The summed E-state index contributed by atoms with van der Waals surface area (Å²) >= 11 is 0. The Morgan fingerprint density at radius 3 is 2.20 bits per heavy atom. The molecule has 0 nitrogen and oxygen atoms in total. The van der Waals surface area contributed by atoms with Crippen LogP contribution in [0.15, 0.2) is 11.9 Å². The van der Waals surface area contributed by atoms with E-state index in [-0.39, 0.29) is 6.42 Å². The third-order valence-corrected chi connectivity index (χ3v) is 0.853. The molecule has 0 rings (SSSR count). The highest BCUT2D eigenvalue weighted by molar-refractivity contribution is 4.86. The monoisotopic (exact) mass is 156 g/mol. The van der Waals surface area contributed by atoms with Gasteiger partial charge in [0.25, 0.3) is 0 Å². The van der Waals surface area contributed by atoms with Gasteiger partial charge in [0, 0.05) is 6.42 Å². The summed E-state index contributed by atoms with van der Waals surface area (Å²) in [4.78, 5) is 0. The van der Waals surface area contributed by atoms with E-state index < -0.39 is 18.4 Å². The Morgan fingerprint density at radius 1 is 1.40 bits per heavy atom. The van der Waals surface area contributed by atoms with Crippen LogP contribution in [-0.4, -0.2) is 6.18 Å². The van der Waals surface area contributed by atoms with Gasteiger partial charge in [-0.1, -0.05) is 6.08 Å². The van der Waals surface area contributed by atoms with Gasteiger partial charge in [-0.2, -0.15) is 13.2 Å². The fraction of sp³-hybridized carbons (Fsp3) is 0.667. The summed E-state index contributed by atoms with van der Waals surface area (Å²) in [6.45, 7) is 1.12. The minimum atomic E-state index is -4.17. The molecule has 0 amide bonds. The summed E-state index contributed by atoms with van der Waals surface area (Å²) in [5.41, 5.74) is 0. The summed E-state index contributed by atoms with van der Waals surface area (Å²) in [5, 5.41) is 0. The first-order valence-corrected chi connectivity index (χ1v) is 2.81. The first-order valence-electron chi connectivity index (χ1n) is 2.81. The molecule has 0 aromatic carbocycles. The Bertz CT molecular complexity index is 118. The third-order valence-electron chi connectivity index (χ3n) is 0.853. The second-order valence-corrected chi connectivity index (χ2v) is 1.94. The van der Waals surface area contributed by atoms with Crippen molar-refractivity contribution in [2.24, 2.45) is 0 Å². The highest BCUT2D eigenvalue weighted by atomic mass is 19.4. The van der Waals surface area contributed by atoms with Crippen molar-refractivity contribution in [1.82, 2.24) is 0 Å². The first kappa shape index (κ1) is 9.46. The van der Waals surface area contributed by atoms with Gasteiger partial charge in [-0.25, -0.2) is 4.39 Å². The number of hydrogen-bond donors (Lipinski definition) is 0. The number of hydrogen-bond acceptors (Lipinski definition) is 0. The summed E-state index contributed by atoms with van der Waals surface area (Å²) in [6, 6.07) is 0. The molecule has 0 spiro atoms. The zero-order chi connectivity index (χ0) is 8.20. The van der Waals surface area contributed by atoms with E-state index in [0.29, 0.717) is 0 Å². The fourth-order valence-electron chi connectivity index (χ4n) is 0.435. The van der Waals surface area contributed by atoms with Crippen LogP contribution < -0.4 is 0 Å². The van der Waals surface area contributed by atoms with Crippen molar-refractivity contribution in [3.05, 3.63) is 11.9 Å². The fourth-order valence-corrected chi connectivity index (χ4v) is 0.435. The summed E-state index contributed by atoms with van der Waals surface area (Å²) in [7, 11) is 0. The van der Waals surface area contributed by atoms with E-state index in [1.807, 2.05) is 0 Å². The van der Waals surface area contributed by atoms with Crippen molar-refractivity contribution < 1.29 is 17.6 Å². The number of halogens is 4. The van der Waals surface area contributed by atoms with Crippen LogP contribution in [0, 0.1) is 0 Å². The lowest BCUT2D eigenvalue weighted by Crippen LogP contribution is -2.05. The highest BCUT2D eigenvalue weighted by Gasteiger charge is 2.25. The average Bonchev–Trinajstić information content (AvgIpc) is 1.59. The molecule has 0 fully saturated rings. The number of allylic oxidation sites excluding steroid dienone is 2. The van der Waals surface area contributed by atoms with Crippen LogP contribution in [-0.2, 0) is 0 Å². The van der Waals surface area contributed by atoms with Crippen LogP contribution in [0.25, 0.3) is 0 Å². The molecule has 0 aromatic rings. The Hall–Kier alpha value is -0.540. The van der Waals surface area contributed by atoms with Gasteiger partial charge in [0.05, 0.1) is 5.83 Å². The predicted molar refractivity (Wildman–Crippen MR) is 30.2 cm³/mol. The minimum absolute atomic E-state index is 0.272. The molecule has 0 bridgehead atoms. The molecule has 4 heteroatoms. The van der Waals surface area contributed by atoms with Crippen molar-refractivity contribution >= 4 is 0 Å². The average molecular weight is 156 g/mol. The smallest absolute Gasteiger partial charge is 0.212 e. The SMILES string of the molecule is CC(F)=CCCC(F)(F)F. The second-order valence-electron chi connectivity index (χ2n) is 1.94. The van der Waals surface area contributed by atoms with E-state index in [0.717, 1.165) is 13.0 Å². The van der Waals surface area contributed by atoms with Crippen molar-refractivity contribution in [3.63, 3.8) is 0 Å². The van der Waals surface area contributed by atoms with Gasteiger partial charge < -0.3 is 0 Å². The van der Waals surface area contributed by atoms with E-state index >= 15 is 0 Å². The molecule has 60 valence electrons. The molecular weight excluding hydrogens is 148 g/mol. The Morgan fingerprint density at radius 2 is 1.90 bits per heavy atom. The quantitative estimate of drug-likeness (QED) is 0.538. The van der Waals surface area contributed by atoms with Crippen LogP contribution in [0.3, 0.4) is 0 Å².